The predicted molar refractivity (Wildman–Crippen MR) is 38.8 cm³/mol. The van der Waals surface area contributed by atoms with E-state index in [0.717, 1.165) is 4.57 Å². The minimum Gasteiger partial charge on any atom is -0.284 e. The zero-order valence-electron chi connectivity index (χ0n) is 6.06. The fourth-order valence-electron chi connectivity index (χ4n) is 0.716. The van der Waals surface area contributed by atoms with Crippen molar-refractivity contribution < 1.29 is 0 Å². The van der Waals surface area contributed by atoms with Crippen LogP contribution in [0.4, 0.5) is 0 Å². The summed E-state index contributed by atoms with van der Waals surface area (Å²) >= 11 is 0. The number of nitriles is 2. The largest absolute Gasteiger partial charge is 0.284 e. The van der Waals surface area contributed by atoms with E-state index in [1.807, 2.05) is 0 Å². The summed E-state index contributed by atoms with van der Waals surface area (Å²) in [6.45, 7) is -0.0820. The van der Waals surface area contributed by atoms with Gasteiger partial charge in [0.25, 0.3) is 5.56 Å². The van der Waals surface area contributed by atoms with Crippen LogP contribution in [-0.2, 0) is 6.54 Å². The van der Waals surface area contributed by atoms with Gasteiger partial charge in [-0.15, -0.1) is 0 Å². The molecule has 0 aromatic carbocycles. The van der Waals surface area contributed by atoms with Crippen LogP contribution in [-0.4, -0.2) is 9.55 Å². The van der Waals surface area contributed by atoms with E-state index in [4.69, 9.17) is 10.5 Å². The van der Waals surface area contributed by atoms with Crippen molar-refractivity contribution in [2.24, 2.45) is 0 Å². The Morgan fingerprint density at radius 3 is 2.92 bits per heavy atom. The number of hydrogen-bond acceptors (Lipinski definition) is 4. The van der Waals surface area contributed by atoms with Crippen LogP contribution in [0.5, 0.6) is 0 Å². The molecule has 0 amide bonds. The SMILES string of the molecule is N#CCn1cncc(C#N)c1=O. The fourth-order valence-corrected chi connectivity index (χ4v) is 0.716. The summed E-state index contributed by atoms with van der Waals surface area (Å²) in [5.41, 5.74) is -0.526. The van der Waals surface area contributed by atoms with Gasteiger partial charge in [-0.25, -0.2) is 4.98 Å². The summed E-state index contributed by atoms with van der Waals surface area (Å²) in [5.74, 6) is 0. The maximum absolute atomic E-state index is 11.1. The third-order valence-electron chi connectivity index (χ3n) is 1.26. The fraction of sp³-hybridized carbons (Fsp3) is 0.143. The molecule has 1 heterocycles. The third kappa shape index (κ3) is 1.30. The van der Waals surface area contributed by atoms with Crippen molar-refractivity contribution in [3.63, 3.8) is 0 Å². The molecular weight excluding hydrogens is 156 g/mol. The standard InChI is InChI=1S/C7H4N4O/c8-1-2-11-5-10-4-6(3-9)7(11)12/h4-5H,2H2. The highest BCUT2D eigenvalue weighted by atomic mass is 16.1. The average molecular weight is 160 g/mol. The van der Waals surface area contributed by atoms with Crippen molar-refractivity contribution in [2.75, 3.05) is 0 Å². The Morgan fingerprint density at radius 1 is 1.58 bits per heavy atom. The zero-order valence-corrected chi connectivity index (χ0v) is 6.06. The number of rotatable bonds is 1. The van der Waals surface area contributed by atoms with Crippen LogP contribution in [0.1, 0.15) is 5.56 Å². The van der Waals surface area contributed by atoms with E-state index in [1.54, 1.807) is 12.1 Å². The molecule has 5 heteroatoms. The molecule has 1 aromatic rings. The number of hydrogen-bond donors (Lipinski definition) is 0. The molecule has 0 unspecified atom stereocenters. The van der Waals surface area contributed by atoms with Crippen LogP contribution in [0.25, 0.3) is 0 Å². The lowest BCUT2D eigenvalue weighted by Gasteiger charge is -1.96. The Labute approximate surface area is 68.1 Å². The minimum atomic E-state index is -0.478. The molecule has 0 radical (unpaired) electrons. The first-order valence-electron chi connectivity index (χ1n) is 3.11. The average Bonchev–Trinajstić information content (AvgIpc) is 2.09. The van der Waals surface area contributed by atoms with Gasteiger partial charge in [0, 0.05) is 0 Å². The maximum atomic E-state index is 11.1. The quantitative estimate of drug-likeness (QED) is 0.561. The van der Waals surface area contributed by atoms with E-state index >= 15 is 0 Å². The Hall–Kier alpha value is -2.14. The molecule has 0 bridgehead atoms. The second-order valence-corrected chi connectivity index (χ2v) is 2.01. The van der Waals surface area contributed by atoms with E-state index in [-0.39, 0.29) is 12.1 Å². The molecule has 0 saturated heterocycles. The molecular formula is C7H4N4O. The van der Waals surface area contributed by atoms with Crippen molar-refractivity contribution in [2.45, 2.75) is 6.54 Å². The summed E-state index contributed by atoms with van der Waals surface area (Å²) in [4.78, 5) is 14.8. The first-order chi connectivity index (χ1) is 5.79. The molecule has 1 aromatic heterocycles. The molecule has 12 heavy (non-hydrogen) atoms. The van der Waals surface area contributed by atoms with Crippen molar-refractivity contribution >= 4 is 0 Å². The lowest BCUT2D eigenvalue weighted by atomic mass is 10.4. The molecule has 0 fully saturated rings. The monoisotopic (exact) mass is 160 g/mol. The molecule has 0 atom stereocenters. The lowest BCUT2D eigenvalue weighted by Crippen LogP contribution is -2.22. The van der Waals surface area contributed by atoms with Gasteiger partial charge in [0.05, 0.1) is 18.6 Å². The Bertz CT molecular complexity index is 420. The van der Waals surface area contributed by atoms with Crippen molar-refractivity contribution in [1.82, 2.24) is 9.55 Å². The van der Waals surface area contributed by atoms with Crippen LogP contribution in [0.15, 0.2) is 17.3 Å². The molecule has 0 N–H and O–H groups in total. The molecule has 5 nitrogen and oxygen atoms in total. The highest BCUT2D eigenvalue weighted by molar-refractivity contribution is 5.21. The van der Waals surface area contributed by atoms with Crippen molar-refractivity contribution in [3.05, 3.63) is 28.4 Å². The van der Waals surface area contributed by atoms with E-state index < -0.39 is 5.56 Å². The van der Waals surface area contributed by atoms with Gasteiger partial charge in [0.2, 0.25) is 0 Å². The van der Waals surface area contributed by atoms with Crippen LogP contribution in [0, 0.1) is 22.7 Å². The normalized spacial score (nSPS) is 8.50. The van der Waals surface area contributed by atoms with Gasteiger partial charge in [-0.2, -0.15) is 10.5 Å². The van der Waals surface area contributed by atoms with E-state index in [2.05, 4.69) is 4.98 Å². The maximum Gasteiger partial charge on any atom is 0.272 e. The lowest BCUT2D eigenvalue weighted by molar-refractivity contribution is 0.758. The first kappa shape index (κ1) is 7.96. The summed E-state index contributed by atoms with van der Waals surface area (Å²) in [6, 6.07) is 3.48. The number of aromatic nitrogens is 2. The molecule has 0 spiro atoms. The van der Waals surface area contributed by atoms with Crippen LogP contribution in [0.2, 0.25) is 0 Å². The van der Waals surface area contributed by atoms with Gasteiger partial charge >= 0.3 is 0 Å². The van der Waals surface area contributed by atoms with Crippen LogP contribution >= 0.6 is 0 Å². The molecule has 58 valence electrons. The smallest absolute Gasteiger partial charge is 0.272 e. The second-order valence-electron chi connectivity index (χ2n) is 2.01. The van der Waals surface area contributed by atoms with Crippen molar-refractivity contribution in [3.8, 4) is 12.1 Å². The highest BCUT2D eigenvalue weighted by Crippen LogP contribution is 1.84. The highest BCUT2D eigenvalue weighted by Gasteiger charge is 2.00. The number of nitrogens with zero attached hydrogens (tertiary/aromatic N) is 4. The Kier molecular flexibility index (Phi) is 2.20. The van der Waals surface area contributed by atoms with E-state index in [0.29, 0.717) is 0 Å². The Balaban J connectivity index is 3.28. The van der Waals surface area contributed by atoms with Gasteiger partial charge in [-0.3, -0.25) is 9.36 Å². The molecule has 0 aliphatic carbocycles. The van der Waals surface area contributed by atoms with Gasteiger partial charge in [-0.05, 0) is 0 Å². The topological polar surface area (TPSA) is 82.5 Å². The molecule has 0 saturated carbocycles. The first-order valence-corrected chi connectivity index (χ1v) is 3.11. The van der Waals surface area contributed by atoms with E-state index in [9.17, 15) is 4.79 Å². The second kappa shape index (κ2) is 3.31. The van der Waals surface area contributed by atoms with E-state index in [1.165, 1.54) is 12.5 Å². The predicted octanol–water partition coefficient (Wildman–Crippen LogP) is -0.361. The minimum absolute atomic E-state index is 0.0484. The molecule has 1 rings (SSSR count). The zero-order chi connectivity index (χ0) is 8.97. The molecule has 0 aliphatic heterocycles. The van der Waals surface area contributed by atoms with Crippen molar-refractivity contribution in [1.29, 1.82) is 10.5 Å². The third-order valence-corrected chi connectivity index (χ3v) is 1.26. The summed E-state index contributed by atoms with van der Waals surface area (Å²) < 4.78 is 1.08. The molecule has 0 aliphatic rings. The summed E-state index contributed by atoms with van der Waals surface area (Å²) in [5, 5.41) is 16.7. The summed E-state index contributed by atoms with van der Waals surface area (Å²) in [6.07, 6.45) is 2.41. The van der Waals surface area contributed by atoms with Gasteiger partial charge in [-0.1, -0.05) is 0 Å². The summed E-state index contributed by atoms with van der Waals surface area (Å²) in [7, 11) is 0. The van der Waals surface area contributed by atoms with Gasteiger partial charge in [0.1, 0.15) is 18.2 Å². The van der Waals surface area contributed by atoms with Gasteiger partial charge in [0.15, 0.2) is 0 Å². The Morgan fingerprint density at radius 2 is 2.33 bits per heavy atom. The van der Waals surface area contributed by atoms with Crippen LogP contribution < -0.4 is 5.56 Å². The van der Waals surface area contributed by atoms with Crippen LogP contribution in [0.3, 0.4) is 0 Å². The van der Waals surface area contributed by atoms with Gasteiger partial charge < -0.3 is 0 Å².